The fourth-order valence-corrected chi connectivity index (χ4v) is 3.35. The molecule has 0 radical (unpaired) electrons. The van der Waals surface area contributed by atoms with Crippen LogP contribution < -0.4 is 10.5 Å². The van der Waals surface area contributed by atoms with Crippen molar-refractivity contribution in [2.75, 3.05) is 7.11 Å². The number of halogens is 2. The lowest BCUT2D eigenvalue weighted by Crippen LogP contribution is -2.48. The summed E-state index contributed by atoms with van der Waals surface area (Å²) < 4.78 is 18.6. The van der Waals surface area contributed by atoms with Crippen molar-refractivity contribution in [3.63, 3.8) is 0 Å². The Morgan fingerprint density at radius 3 is 2.33 bits per heavy atom. The normalized spacial score (nSPS) is 14.3. The quantitative estimate of drug-likeness (QED) is 0.767. The number of methoxy groups -OCH3 is 1. The number of ether oxygens (including phenoxy) is 1. The van der Waals surface area contributed by atoms with Crippen LogP contribution in [0.1, 0.15) is 32.7 Å². The molecule has 3 amide bonds. The molecule has 2 N–H and O–H groups in total. The zero-order valence-electron chi connectivity index (χ0n) is 14.4. The van der Waals surface area contributed by atoms with E-state index in [1.165, 1.54) is 25.3 Å². The first-order valence-electron chi connectivity index (χ1n) is 8.13. The molecule has 0 bridgehead atoms. The van der Waals surface area contributed by atoms with E-state index in [9.17, 15) is 18.8 Å². The van der Waals surface area contributed by atoms with E-state index in [0.717, 1.165) is 11.0 Å². The highest BCUT2D eigenvalue weighted by Crippen LogP contribution is 2.29. The third-order valence-electron chi connectivity index (χ3n) is 4.47. The molecule has 140 valence electrons. The van der Waals surface area contributed by atoms with Gasteiger partial charge in [-0.25, -0.2) is 4.39 Å². The lowest BCUT2D eigenvalue weighted by Gasteiger charge is -2.23. The van der Waals surface area contributed by atoms with Crippen molar-refractivity contribution in [3.05, 3.63) is 63.9 Å². The molecule has 0 spiro atoms. The van der Waals surface area contributed by atoms with E-state index in [1.54, 1.807) is 12.1 Å². The summed E-state index contributed by atoms with van der Waals surface area (Å²) in [5, 5.41) is 0.152. The third-order valence-corrected chi connectivity index (χ3v) is 4.83. The Hall–Kier alpha value is -2.93. The highest BCUT2D eigenvalue weighted by Gasteiger charge is 2.41. The SMILES string of the molecule is COc1cc(CCC(C(N)=O)N2C(=O)c3ccccc3C2=O)c(Cl)cc1F. The number of amides is 3. The number of benzene rings is 2. The number of carbonyl (C=O) groups excluding carboxylic acids is 3. The summed E-state index contributed by atoms with van der Waals surface area (Å²) in [6.07, 6.45) is 0.242. The standard InChI is InChI=1S/C19H16ClFN2O4/c1-27-16-8-10(13(20)9-14(16)21)6-7-15(17(22)24)23-18(25)11-4-2-3-5-12(11)19(23)26/h2-5,8-9,15H,6-7H2,1H3,(H2,22,24). The van der Waals surface area contributed by atoms with E-state index >= 15 is 0 Å². The van der Waals surface area contributed by atoms with Crippen LogP contribution in [0.2, 0.25) is 5.02 Å². The molecule has 1 heterocycles. The van der Waals surface area contributed by atoms with Gasteiger partial charge in [0, 0.05) is 5.02 Å². The smallest absolute Gasteiger partial charge is 0.262 e. The van der Waals surface area contributed by atoms with Crippen LogP contribution in [0.25, 0.3) is 0 Å². The lowest BCUT2D eigenvalue weighted by molar-refractivity contribution is -0.122. The molecule has 1 aliphatic rings. The maximum Gasteiger partial charge on any atom is 0.262 e. The van der Waals surface area contributed by atoms with Crippen LogP contribution in [0.4, 0.5) is 4.39 Å². The van der Waals surface area contributed by atoms with Crippen molar-refractivity contribution in [2.24, 2.45) is 5.73 Å². The van der Waals surface area contributed by atoms with E-state index in [4.69, 9.17) is 22.1 Å². The van der Waals surface area contributed by atoms with Gasteiger partial charge in [0.1, 0.15) is 6.04 Å². The number of hydrogen-bond acceptors (Lipinski definition) is 4. The van der Waals surface area contributed by atoms with Crippen LogP contribution in [-0.2, 0) is 11.2 Å². The molecule has 3 rings (SSSR count). The molecule has 0 aromatic heterocycles. The van der Waals surface area contributed by atoms with Gasteiger partial charge in [0.25, 0.3) is 11.8 Å². The van der Waals surface area contributed by atoms with Crippen LogP contribution >= 0.6 is 11.6 Å². The molecule has 6 nitrogen and oxygen atoms in total. The number of imide groups is 1. The number of nitrogens with two attached hydrogens (primary N) is 1. The molecule has 1 atom stereocenters. The van der Waals surface area contributed by atoms with E-state index in [0.29, 0.717) is 5.56 Å². The van der Waals surface area contributed by atoms with Gasteiger partial charge in [-0.1, -0.05) is 23.7 Å². The minimum atomic E-state index is -1.15. The fraction of sp³-hybridized carbons (Fsp3) is 0.211. The predicted octanol–water partition coefficient (Wildman–Crippen LogP) is 2.57. The van der Waals surface area contributed by atoms with Gasteiger partial charge in [0.2, 0.25) is 5.91 Å². The summed E-state index contributed by atoms with van der Waals surface area (Å²) in [5.41, 5.74) is 6.43. The van der Waals surface area contributed by atoms with E-state index in [2.05, 4.69) is 0 Å². The molecule has 1 aliphatic heterocycles. The van der Waals surface area contributed by atoms with Gasteiger partial charge >= 0.3 is 0 Å². The summed E-state index contributed by atoms with van der Waals surface area (Å²) in [6.45, 7) is 0. The maximum atomic E-state index is 13.7. The van der Waals surface area contributed by atoms with E-state index in [1.807, 2.05) is 0 Å². The fourth-order valence-electron chi connectivity index (χ4n) is 3.10. The van der Waals surface area contributed by atoms with Crippen molar-refractivity contribution >= 4 is 29.3 Å². The van der Waals surface area contributed by atoms with Gasteiger partial charge < -0.3 is 10.5 Å². The Labute approximate surface area is 159 Å². The van der Waals surface area contributed by atoms with Crippen LogP contribution in [-0.4, -0.2) is 35.8 Å². The van der Waals surface area contributed by atoms with Crippen LogP contribution in [0, 0.1) is 5.82 Å². The largest absolute Gasteiger partial charge is 0.494 e. The molecule has 8 heteroatoms. The Kier molecular flexibility index (Phi) is 5.14. The second-order valence-corrected chi connectivity index (χ2v) is 6.47. The van der Waals surface area contributed by atoms with Crippen LogP contribution in [0.3, 0.4) is 0 Å². The first-order valence-corrected chi connectivity index (χ1v) is 8.51. The van der Waals surface area contributed by atoms with Crippen LogP contribution in [0.5, 0.6) is 5.75 Å². The van der Waals surface area contributed by atoms with Crippen LogP contribution in [0.15, 0.2) is 36.4 Å². The monoisotopic (exact) mass is 390 g/mol. The predicted molar refractivity (Wildman–Crippen MR) is 96.2 cm³/mol. The van der Waals surface area contributed by atoms with Crippen molar-refractivity contribution < 1.29 is 23.5 Å². The number of carbonyl (C=O) groups is 3. The topological polar surface area (TPSA) is 89.7 Å². The molecule has 0 aliphatic carbocycles. The van der Waals surface area contributed by atoms with Crippen molar-refractivity contribution in [3.8, 4) is 5.75 Å². The molecule has 0 saturated carbocycles. The molecular weight excluding hydrogens is 375 g/mol. The van der Waals surface area contributed by atoms with E-state index in [-0.39, 0.29) is 34.7 Å². The zero-order valence-corrected chi connectivity index (χ0v) is 15.1. The second kappa shape index (κ2) is 7.36. The second-order valence-electron chi connectivity index (χ2n) is 6.06. The summed E-state index contributed by atoms with van der Waals surface area (Å²) in [4.78, 5) is 38.0. The molecule has 0 fully saturated rings. The summed E-state index contributed by atoms with van der Waals surface area (Å²) in [5.74, 6) is -2.55. The highest BCUT2D eigenvalue weighted by molar-refractivity contribution is 6.31. The highest BCUT2D eigenvalue weighted by atomic mass is 35.5. The number of aryl methyl sites for hydroxylation is 1. The number of nitrogens with zero attached hydrogens (tertiary/aromatic N) is 1. The summed E-state index contributed by atoms with van der Waals surface area (Å²) in [6, 6.07) is 7.69. The molecule has 2 aromatic rings. The van der Waals surface area contributed by atoms with Gasteiger partial charge in [0.15, 0.2) is 11.6 Å². The minimum Gasteiger partial charge on any atom is -0.494 e. The van der Waals surface area contributed by atoms with Crippen molar-refractivity contribution in [2.45, 2.75) is 18.9 Å². The summed E-state index contributed by atoms with van der Waals surface area (Å²) in [7, 11) is 1.32. The maximum absolute atomic E-state index is 13.7. The minimum absolute atomic E-state index is 0.00533. The summed E-state index contributed by atoms with van der Waals surface area (Å²) >= 11 is 6.05. The number of hydrogen-bond donors (Lipinski definition) is 1. The Morgan fingerprint density at radius 2 is 1.81 bits per heavy atom. The van der Waals surface area contributed by atoms with Gasteiger partial charge in [-0.2, -0.15) is 0 Å². The average molecular weight is 391 g/mol. The molecule has 1 unspecified atom stereocenters. The van der Waals surface area contributed by atoms with Crippen molar-refractivity contribution in [1.82, 2.24) is 4.90 Å². The van der Waals surface area contributed by atoms with E-state index < -0.39 is 29.6 Å². The van der Waals surface area contributed by atoms with Crippen molar-refractivity contribution in [1.29, 1.82) is 0 Å². The average Bonchev–Trinajstić information content (AvgIpc) is 2.88. The molecule has 27 heavy (non-hydrogen) atoms. The number of fused-ring (bicyclic) bond motifs is 1. The zero-order chi connectivity index (χ0) is 19.7. The Morgan fingerprint density at radius 1 is 1.22 bits per heavy atom. The number of primary amides is 1. The third kappa shape index (κ3) is 3.38. The molecule has 2 aromatic carbocycles. The number of rotatable bonds is 6. The Balaban J connectivity index is 1.86. The van der Waals surface area contributed by atoms with Gasteiger partial charge in [-0.15, -0.1) is 0 Å². The first kappa shape index (κ1) is 18.8. The lowest BCUT2D eigenvalue weighted by atomic mass is 10.0. The van der Waals surface area contributed by atoms with Gasteiger partial charge in [-0.05, 0) is 42.7 Å². The Bertz CT molecular complexity index is 912. The first-order chi connectivity index (χ1) is 12.8. The van der Waals surface area contributed by atoms with Gasteiger partial charge in [0.05, 0.1) is 18.2 Å². The molecular formula is C19H16ClFN2O4. The molecule has 0 saturated heterocycles. The van der Waals surface area contributed by atoms with Gasteiger partial charge in [-0.3, -0.25) is 19.3 Å².